The molecule has 1 aliphatic heterocycles. The molecule has 1 aliphatic rings. The van der Waals surface area contributed by atoms with Gasteiger partial charge in [-0.1, -0.05) is 36.4 Å². The number of fused-ring (bicyclic) bond motifs is 1. The summed E-state index contributed by atoms with van der Waals surface area (Å²) in [5.41, 5.74) is 0.745. The molecule has 0 saturated carbocycles. The average Bonchev–Trinajstić information content (AvgIpc) is 2.79. The fourth-order valence-corrected chi connectivity index (χ4v) is 6.04. The molecular formula is C23H24N2O5S2. The molecule has 0 radical (unpaired) electrons. The number of nitrogens with one attached hydrogen (secondary N) is 1. The molecule has 1 N–H and O–H groups in total. The van der Waals surface area contributed by atoms with Crippen LogP contribution >= 0.6 is 0 Å². The van der Waals surface area contributed by atoms with Crippen molar-refractivity contribution in [3.05, 3.63) is 66.7 Å². The highest BCUT2D eigenvalue weighted by atomic mass is 32.2. The van der Waals surface area contributed by atoms with E-state index in [9.17, 15) is 21.6 Å². The Morgan fingerprint density at radius 3 is 2.09 bits per heavy atom. The van der Waals surface area contributed by atoms with Crippen molar-refractivity contribution in [1.29, 1.82) is 0 Å². The Hall–Kier alpha value is -2.75. The zero-order valence-corrected chi connectivity index (χ0v) is 19.2. The summed E-state index contributed by atoms with van der Waals surface area (Å²) in [6.07, 6.45) is 1.90. The van der Waals surface area contributed by atoms with Crippen molar-refractivity contribution in [1.82, 2.24) is 4.31 Å². The molecule has 0 atom stereocenters. The van der Waals surface area contributed by atoms with Gasteiger partial charge in [0.15, 0.2) is 9.84 Å². The van der Waals surface area contributed by atoms with Crippen LogP contribution in [-0.2, 0) is 24.7 Å². The second-order valence-corrected chi connectivity index (χ2v) is 11.9. The summed E-state index contributed by atoms with van der Waals surface area (Å²) < 4.78 is 50.4. The van der Waals surface area contributed by atoms with E-state index in [4.69, 9.17) is 0 Å². The molecule has 0 spiro atoms. The molecule has 0 bridgehead atoms. The van der Waals surface area contributed by atoms with Gasteiger partial charge in [-0.3, -0.25) is 4.79 Å². The first-order valence-electron chi connectivity index (χ1n) is 10.3. The van der Waals surface area contributed by atoms with Crippen LogP contribution in [0.1, 0.15) is 12.8 Å². The lowest BCUT2D eigenvalue weighted by Gasteiger charge is -2.30. The number of sulfonamides is 1. The average molecular weight is 473 g/mol. The van der Waals surface area contributed by atoms with E-state index >= 15 is 0 Å². The number of nitrogens with zero attached hydrogens (tertiary/aromatic N) is 1. The highest BCUT2D eigenvalue weighted by molar-refractivity contribution is 7.90. The largest absolute Gasteiger partial charge is 0.325 e. The van der Waals surface area contributed by atoms with E-state index < -0.39 is 19.9 Å². The van der Waals surface area contributed by atoms with Gasteiger partial charge in [0.1, 0.15) is 0 Å². The fourth-order valence-electron chi connectivity index (χ4n) is 3.94. The SMILES string of the molecule is CS(=O)(=O)c1ccc(S(=O)(=O)N2CCC(C(=O)Nc3cccc4ccccc34)CC2)cc1. The van der Waals surface area contributed by atoms with Crippen LogP contribution in [0.3, 0.4) is 0 Å². The van der Waals surface area contributed by atoms with E-state index in [0.717, 1.165) is 22.7 Å². The zero-order valence-electron chi connectivity index (χ0n) is 17.6. The van der Waals surface area contributed by atoms with Gasteiger partial charge in [0.05, 0.1) is 9.79 Å². The highest BCUT2D eigenvalue weighted by Gasteiger charge is 2.32. The second kappa shape index (κ2) is 8.65. The number of hydrogen-bond donors (Lipinski definition) is 1. The smallest absolute Gasteiger partial charge is 0.243 e. The molecule has 4 rings (SSSR count). The first-order chi connectivity index (χ1) is 15.2. The Labute approximate surface area is 188 Å². The Kier molecular flexibility index (Phi) is 6.07. The summed E-state index contributed by atoms with van der Waals surface area (Å²) in [7, 11) is -7.15. The number of benzene rings is 3. The topological polar surface area (TPSA) is 101 Å². The maximum atomic E-state index is 12.9. The minimum absolute atomic E-state index is 0.0450. The van der Waals surface area contributed by atoms with E-state index in [1.54, 1.807) is 0 Å². The molecule has 0 aliphatic carbocycles. The van der Waals surface area contributed by atoms with Gasteiger partial charge < -0.3 is 5.32 Å². The molecule has 32 heavy (non-hydrogen) atoms. The maximum Gasteiger partial charge on any atom is 0.243 e. The molecule has 0 unspecified atom stereocenters. The Balaban J connectivity index is 1.42. The number of sulfone groups is 1. The first-order valence-corrected chi connectivity index (χ1v) is 13.6. The number of piperidine rings is 1. The van der Waals surface area contributed by atoms with Gasteiger partial charge in [0, 0.05) is 36.3 Å². The third-order valence-corrected chi connectivity index (χ3v) is 8.80. The maximum absolute atomic E-state index is 12.9. The molecule has 9 heteroatoms. The minimum atomic E-state index is -3.75. The van der Waals surface area contributed by atoms with Crippen LogP contribution in [0.2, 0.25) is 0 Å². The normalized spacial score (nSPS) is 16.2. The first kappa shape index (κ1) is 22.4. The van der Waals surface area contributed by atoms with Crippen LogP contribution < -0.4 is 5.32 Å². The number of rotatable bonds is 5. The number of carbonyl (C=O) groups is 1. The van der Waals surface area contributed by atoms with Crippen LogP contribution in [0.4, 0.5) is 5.69 Å². The van der Waals surface area contributed by atoms with Crippen LogP contribution in [-0.4, -0.2) is 46.4 Å². The van der Waals surface area contributed by atoms with Crippen molar-refractivity contribution in [3.63, 3.8) is 0 Å². The van der Waals surface area contributed by atoms with Crippen molar-refractivity contribution in [2.75, 3.05) is 24.7 Å². The zero-order chi connectivity index (χ0) is 22.9. The molecule has 3 aromatic carbocycles. The van der Waals surface area contributed by atoms with Crippen LogP contribution in [0.25, 0.3) is 10.8 Å². The van der Waals surface area contributed by atoms with Gasteiger partial charge in [-0.25, -0.2) is 16.8 Å². The van der Waals surface area contributed by atoms with E-state index in [2.05, 4.69) is 5.32 Å². The van der Waals surface area contributed by atoms with Gasteiger partial charge in [-0.15, -0.1) is 0 Å². The number of amides is 1. The molecule has 1 amide bonds. The lowest BCUT2D eigenvalue weighted by molar-refractivity contribution is -0.120. The van der Waals surface area contributed by atoms with Crippen LogP contribution in [0, 0.1) is 5.92 Å². The van der Waals surface area contributed by atoms with Crippen molar-refractivity contribution in [3.8, 4) is 0 Å². The summed E-state index contributed by atoms with van der Waals surface area (Å²) in [4.78, 5) is 12.9. The van der Waals surface area contributed by atoms with Crippen LogP contribution in [0.15, 0.2) is 76.5 Å². The Morgan fingerprint density at radius 1 is 0.844 bits per heavy atom. The molecule has 1 fully saturated rings. The standard InChI is InChI=1S/C23H24N2O5S2/c1-31(27,28)19-9-11-20(12-10-19)32(29,30)25-15-13-18(14-16-25)23(26)24-22-8-4-6-17-5-2-3-7-21(17)22/h2-12,18H,13-16H2,1H3,(H,24,26). The van der Waals surface area contributed by atoms with Crippen molar-refractivity contribution >= 4 is 42.2 Å². The Morgan fingerprint density at radius 2 is 1.44 bits per heavy atom. The van der Waals surface area contributed by atoms with Crippen molar-refractivity contribution in [2.45, 2.75) is 22.6 Å². The Bertz CT molecular complexity index is 1350. The summed E-state index contributed by atoms with van der Waals surface area (Å²) in [6, 6.07) is 18.8. The minimum Gasteiger partial charge on any atom is -0.325 e. The summed E-state index contributed by atoms with van der Waals surface area (Å²) >= 11 is 0. The van der Waals surface area contributed by atoms with Crippen molar-refractivity contribution < 1.29 is 21.6 Å². The molecule has 168 valence electrons. The molecule has 7 nitrogen and oxygen atoms in total. The van der Waals surface area contributed by atoms with Gasteiger partial charge in [0.2, 0.25) is 15.9 Å². The number of anilines is 1. The van der Waals surface area contributed by atoms with E-state index in [-0.39, 0.29) is 34.7 Å². The summed E-state index contributed by atoms with van der Waals surface area (Å²) in [6.45, 7) is 0.452. The molecule has 0 aromatic heterocycles. The molecular weight excluding hydrogens is 448 g/mol. The lowest BCUT2D eigenvalue weighted by Crippen LogP contribution is -2.41. The third-order valence-electron chi connectivity index (χ3n) is 5.76. The number of hydrogen-bond acceptors (Lipinski definition) is 5. The lowest BCUT2D eigenvalue weighted by atomic mass is 9.97. The highest BCUT2D eigenvalue weighted by Crippen LogP contribution is 2.27. The summed E-state index contributed by atoms with van der Waals surface area (Å²) in [5.74, 6) is -0.399. The van der Waals surface area contributed by atoms with Crippen molar-refractivity contribution in [2.24, 2.45) is 5.92 Å². The molecule has 1 heterocycles. The molecule has 3 aromatic rings. The van der Waals surface area contributed by atoms with E-state index in [1.165, 1.54) is 28.6 Å². The van der Waals surface area contributed by atoms with Gasteiger partial charge in [0.25, 0.3) is 0 Å². The fraction of sp³-hybridized carbons (Fsp3) is 0.261. The second-order valence-electron chi connectivity index (χ2n) is 7.94. The predicted molar refractivity (Wildman–Crippen MR) is 124 cm³/mol. The third kappa shape index (κ3) is 4.55. The molecule has 1 saturated heterocycles. The van der Waals surface area contributed by atoms with E-state index in [1.807, 2.05) is 42.5 Å². The van der Waals surface area contributed by atoms with Gasteiger partial charge in [-0.05, 0) is 48.6 Å². The monoisotopic (exact) mass is 472 g/mol. The number of carbonyl (C=O) groups excluding carboxylic acids is 1. The van der Waals surface area contributed by atoms with Gasteiger partial charge in [-0.2, -0.15) is 4.31 Å². The predicted octanol–water partition coefficient (Wildman–Crippen LogP) is 3.28. The van der Waals surface area contributed by atoms with E-state index in [0.29, 0.717) is 12.8 Å². The quantitative estimate of drug-likeness (QED) is 0.614. The van der Waals surface area contributed by atoms with Crippen LogP contribution in [0.5, 0.6) is 0 Å². The van der Waals surface area contributed by atoms with Gasteiger partial charge >= 0.3 is 0 Å². The summed E-state index contributed by atoms with van der Waals surface area (Å²) in [5, 5.41) is 4.99.